The van der Waals surface area contributed by atoms with Gasteiger partial charge in [0.15, 0.2) is 17.9 Å². The van der Waals surface area contributed by atoms with Crippen molar-refractivity contribution in [3.8, 4) is 11.3 Å². The Kier molecular flexibility index (Phi) is 3.38. The Balaban J connectivity index is 2.35. The van der Waals surface area contributed by atoms with Crippen LogP contribution in [0.5, 0.6) is 0 Å². The number of carbonyl (C=O) groups excluding carboxylic acids is 1. The average molecular weight is 229 g/mol. The van der Waals surface area contributed by atoms with E-state index in [1.807, 2.05) is 12.1 Å². The Morgan fingerprint density at radius 3 is 2.59 bits per heavy atom. The third kappa shape index (κ3) is 2.44. The molecule has 0 unspecified atom stereocenters. The number of carbonyl (C=O) groups is 1. The number of nitrogens with zero attached hydrogens (tertiary/aromatic N) is 1. The van der Waals surface area contributed by atoms with E-state index in [0.717, 1.165) is 18.4 Å². The zero-order valence-electron chi connectivity index (χ0n) is 10.1. The molecule has 1 aromatic heterocycles. The predicted molar refractivity (Wildman–Crippen MR) is 66.1 cm³/mol. The zero-order valence-corrected chi connectivity index (χ0v) is 10.1. The maximum Gasteiger partial charge on any atom is 0.195 e. The number of aryl methyl sites for hydroxylation is 2. The van der Waals surface area contributed by atoms with Gasteiger partial charge in [-0.3, -0.25) is 4.79 Å². The van der Waals surface area contributed by atoms with Gasteiger partial charge in [0.1, 0.15) is 5.69 Å². The molecule has 2 aromatic rings. The van der Waals surface area contributed by atoms with Crippen LogP contribution in [-0.4, -0.2) is 11.3 Å². The standard InChI is InChI=1S/C14H15NO2/c1-3-4-11-5-7-12(8-6-11)14-13(9-16)17-10(2)15-14/h5-9H,3-4H2,1-2H3. The van der Waals surface area contributed by atoms with E-state index in [1.165, 1.54) is 5.56 Å². The SMILES string of the molecule is CCCc1ccc(-c2nc(C)oc2C=O)cc1. The minimum Gasteiger partial charge on any atom is -0.438 e. The topological polar surface area (TPSA) is 43.1 Å². The average Bonchev–Trinajstić information content (AvgIpc) is 2.72. The van der Waals surface area contributed by atoms with E-state index in [1.54, 1.807) is 6.92 Å². The van der Waals surface area contributed by atoms with Crippen LogP contribution in [0.25, 0.3) is 11.3 Å². The number of aldehydes is 1. The van der Waals surface area contributed by atoms with Gasteiger partial charge in [0, 0.05) is 12.5 Å². The summed E-state index contributed by atoms with van der Waals surface area (Å²) in [6.45, 7) is 3.89. The lowest BCUT2D eigenvalue weighted by Gasteiger charge is -2.00. The summed E-state index contributed by atoms with van der Waals surface area (Å²) in [6.07, 6.45) is 2.90. The number of aromatic nitrogens is 1. The van der Waals surface area contributed by atoms with E-state index >= 15 is 0 Å². The van der Waals surface area contributed by atoms with Crippen molar-refractivity contribution < 1.29 is 9.21 Å². The molecule has 0 aliphatic carbocycles. The molecule has 0 amide bonds. The van der Waals surface area contributed by atoms with E-state index in [-0.39, 0.29) is 0 Å². The van der Waals surface area contributed by atoms with Crippen molar-refractivity contribution in [2.24, 2.45) is 0 Å². The smallest absolute Gasteiger partial charge is 0.195 e. The second-order valence-corrected chi connectivity index (χ2v) is 4.01. The molecule has 0 saturated carbocycles. The minimum absolute atomic E-state index is 0.297. The van der Waals surface area contributed by atoms with Crippen LogP contribution in [0.4, 0.5) is 0 Å². The summed E-state index contributed by atoms with van der Waals surface area (Å²) in [4.78, 5) is 15.1. The van der Waals surface area contributed by atoms with Crippen LogP contribution in [0.3, 0.4) is 0 Å². The summed E-state index contributed by atoms with van der Waals surface area (Å²) >= 11 is 0. The van der Waals surface area contributed by atoms with Gasteiger partial charge < -0.3 is 4.42 Å². The third-order valence-electron chi connectivity index (χ3n) is 2.63. The molecular formula is C14H15NO2. The molecule has 0 spiro atoms. The summed E-state index contributed by atoms with van der Waals surface area (Å²) in [7, 11) is 0. The first kappa shape index (κ1) is 11.6. The third-order valence-corrected chi connectivity index (χ3v) is 2.63. The van der Waals surface area contributed by atoms with Gasteiger partial charge in [-0.1, -0.05) is 37.6 Å². The quantitative estimate of drug-likeness (QED) is 0.754. The summed E-state index contributed by atoms with van der Waals surface area (Å²) in [5, 5.41) is 0. The Bertz CT molecular complexity index is 512. The summed E-state index contributed by atoms with van der Waals surface area (Å²) in [5.74, 6) is 0.811. The summed E-state index contributed by atoms with van der Waals surface area (Å²) in [6, 6.07) is 8.10. The number of hydrogen-bond acceptors (Lipinski definition) is 3. The van der Waals surface area contributed by atoms with Gasteiger partial charge in [-0.05, 0) is 12.0 Å². The maximum absolute atomic E-state index is 10.8. The highest BCUT2D eigenvalue weighted by Crippen LogP contribution is 2.23. The van der Waals surface area contributed by atoms with Crippen LogP contribution in [0.2, 0.25) is 0 Å². The van der Waals surface area contributed by atoms with E-state index in [9.17, 15) is 4.79 Å². The maximum atomic E-state index is 10.8. The van der Waals surface area contributed by atoms with Gasteiger partial charge in [0.2, 0.25) is 0 Å². The van der Waals surface area contributed by atoms with Gasteiger partial charge in [0.25, 0.3) is 0 Å². The lowest BCUT2D eigenvalue weighted by Crippen LogP contribution is -1.86. The Morgan fingerprint density at radius 2 is 2.00 bits per heavy atom. The molecule has 17 heavy (non-hydrogen) atoms. The van der Waals surface area contributed by atoms with Gasteiger partial charge >= 0.3 is 0 Å². The number of rotatable bonds is 4. The molecule has 88 valence electrons. The van der Waals surface area contributed by atoms with Crippen molar-refractivity contribution in [1.82, 2.24) is 4.98 Å². The van der Waals surface area contributed by atoms with E-state index in [0.29, 0.717) is 23.6 Å². The van der Waals surface area contributed by atoms with Gasteiger partial charge in [0.05, 0.1) is 0 Å². The molecule has 0 atom stereocenters. The Hall–Kier alpha value is -1.90. The zero-order chi connectivity index (χ0) is 12.3. The molecule has 3 heteroatoms. The van der Waals surface area contributed by atoms with Crippen molar-refractivity contribution >= 4 is 6.29 Å². The first-order valence-corrected chi connectivity index (χ1v) is 5.76. The number of benzene rings is 1. The van der Waals surface area contributed by atoms with Gasteiger partial charge in [-0.25, -0.2) is 4.98 Å². The second kappa shape index (κ2) is 4.95. The molecule has 1 aromatic carbocycles. The number of hydrogen-bond donors (Lipinski definition) is 0. The van der Waals surface area contributed by atoms with E-state index in [4.69, 9.17) is 4.42 Å². The monoisotopic (exact) mass is 229 g/mol. The van der Waals surface area contributed by atoms with Crippen molar-refractivity contribution in [2.45, 2.75) is 26.7 Å². The molecule has 0 bridgehead atoms. The fourth-order valence-corrected chi connectivity index (χ4v) is 1.85. The normalized spacial score (nSPS) is 10.5. The second-order valence-electron chi connectivity index (χ2n) is 4.01. The van der Waals surface area contributed by atoms with Crippen molar-refractivity contribution in [1.29, 1.82) is 0 Å². The van der Waals surface area contributed by atoms with Crippen molar-refractivity contribution in [2.75, 3.05) is 0 Å². The largest absolute Gasteiger partial charge is 0.438 e. The van der Waals surface area contributed by atoms with E-state index < -0.39 is 0 Å². The molecule has 0 saturated heterocycles. The fraction of sp³-hybridized carbons (Fsp3) is 0.286. The Morgan fingerprint density at radius 1 is 1.29 bits per heavy atom. The molecule has 0 aliphatic heterocycles. The van der Waals surface area contributed by atoms with Crippen LogP contribution in [-0.2, 0) is 6.42 Å². The molecule has 0 fully saturated rings. The lowest BCUT2D eigenvalue weighted by atomic mass is 10.1. The highest BCUT2D eigenvalue weighted by molar-refractivity contribution is 5.82. The minimum atomic E-state index is 0.297. The fourth-order valence-electron chi connectivity index (χ4n) is 1.85. The molecule has 0 aliphatic rings. The molecule has 2 rings (SSSR count). The number of oxazole rings is 1. The van der Waals surface area contributed by atoms with Crippen LogP contribution in [0.1, 0.15) is 35.4 Å². The summed E-state index contributed by atoms with van der Waals surface area (Å²) < 4.78 is 5.22. The molecule has 3 nitrogen and oxygen atoms in total. The predicted octanol–water partition coefficient (Wildman–Crippen LogP) is 3.42. The van der Waals surface area contributed by atoms with Crippen molar-refractivity contribution in [3.63, 3.8) is 0 Å². The highest BCUT2D eigenvalue weighted by Gasteiger charge is 2.11. The van der Waals surface area contributed by atoms with Crippen LogP contribution >= 0.6 is 0 Å². The van der Waals surface area contributed by atoms with Crippen LogP contribution in [0.15, 0.2) is 28.7 Å². The van der Waals surface area contributed by atoms with Gasteiger partial charge in [-0.15, -0.1) is 0 Å². The Labute approximate surface area is 100 Å². The highest BCUT2D eigenvalue weighted by atomic mass is 16.4. The molecular weight excluding hydrogens is 214 g/mol. The van der Waals surface area contributed by atoms with Crippen molar-refractivity contribution in [3.05, 3.63) is 41.5 Å². The van der Waals surface area contributed by atoms with E-state index in [2.05, 4.69) is 24.0 Å². The van der Waals surface area contributed by atoms with Gasteiger partial charge in [-0.2, -0.15) is 0 Å². The van der Waals surface area contributed by atoms with Crippen LogP contribution in [0, 0.1) is 6.92 Å². The molecule has 0 N–H and O–H groups in total. The summed E-state index contributed by atoms with van der Waals surface area (Å²) in [5.41, 5.74) is 2.84. The van der Waals surface area contributed by atoms with Crippen LogP contribution < -0.4 is 0 Å². The molecule has 0 radical (unpaired) electrons. The first-order valence-electron chi connectivity index (χ1n) is 5.76. The lowest BCUT2D eigenvalue weighted by molar-refractivity contribution is 0.110. The molecule has 1 heterocycles. The first-order chi connectivity index (χ1) is 8.24.